The van der Waals surface area contributed by atoms with E-state index in [4.69, 9.17) is 14.6 Å². The Balaban J connectivity index is 4.50. The van der Waals surface area contributed by atoms with Gasteiger partial charge in [-0.25, -0.2) is 4.79 Å². The fourth-order valence-corrected chi connectivity index (χ4v) is 1.82. The lowest BCUT2D eigenvalue weighted by Crippen LogP contribution is -2.42. The van der Waals surface area contributed by atoms with Gasteiger partial charge in [-0.3, -0.25) is 14.4 Å². The first-order valence-corrected chi connectivity index (χ1v) is 8.74. The zero-order valence-corrected chi connectivity index (χ0v) is 15.0. The molecular weight excluding hydrogens is 330 g/mol. The molecule has 0 aliphatic heterocycles. The summed E-state index contributed by atoms with van der Waals surface area (Å²) in [6.45, 7) is 4.48. The smallest absolute Gasteiger partial charge is 0.328 e. The second-order valence-electron chi connectivity index (χ2n) is 5.65. The van der Waals surface area contributed by atoms with Crippen molar-refractivity contribution >= 4 is 23.8 Å². The van der Waals surface area contributed by atoms with E-state index in [9.17, 15) is 19.2 Å². The van der Waals surface area contributed by atoms with Crippen LogP contribution in [0, 0.1) is 0 Å². The molecule has 0 aromatic carbocycles. The fourth-order valence-electron chi connectivity index (χ4n) is 1.82. The number of carboxylic acid groups (broad SMARTS) is 1. The summed E-state index contributed by atoms with van der Waals surface area (Å²) in [5, 5.41) is 11.0. The van der Waals surface area contributed by atoms with Crippen molar-refractivity contribution in [3.05, 3.63) is 0 Å². The molecule has 0 bridgehead atoms. The van der Waals surface area contributed by atoms with Crippen LogP contribution in [0.5, 0.6) is 0 Å². The maximum absolute atomic E-state index is 12.1. The molecule has 0 radical (unpaired) electrons. The Kier molecular flexibility index (Phi) is 13.0. The Morgan fingerprint density at radius 3 is 2.08 bits per heavy atom. The van der Waals surface area contributed by atoms with Gasteiger partial charge in [0, 0.05) is 12.8 Å². The number of esters is 2. The van der Waals surface area contributed by atoms with Crippen LogP contribution in [0.15, 0.2) is 0 Å². The number of nitrogens with one attached hydrogen (secondary N) is 1. The van der Waals surface area contributed by atoms with Crippen molar-refractivity contribution in [1.29, 1.82) is 0 Å². The van der Waals surface area contributed by atoms with Gasteiger partial charge in [0.25, 0.3) is 0 Å². The molecule has 0 rings (SSSR count). The van der Waals surface area contributed by atoms with Gasteiger partial charge in [0.05, 0.1) is 19.6 Å². The molecule has 0 fully saturated rings. The largest absolute Gasteiger partial charge is 0.481 e. The van der Waals surface area contributed by atoms with E-state index in [1.54, 1.807) is 0 Å². The van der Waals surface area contributed by atoms with Crippen molar-refractivity contribution < 1.29 is 33.8 Å². The summed E-state index contributed by atoms with van der Waals surface area (Å²) in [6, 6.07) is -0.989. The van der Waals surface area contributed by atoms with Crippen LogP contribution < -0.4 is 5.32 Å². The van der Waals surface area contributed by atoms with E-state index < -0.39 is 29.9 Å². The highest BCUT2D eigenvalue weighted by Crippen LogP contribution is 2.05. The number of carboxylic acids is 1. The molecule has 144 valence electrons. The number of ether oxygens (including phenoxy) is 2. The number of aliphatic carboxylic acids is 1. The van der Waals surface area contributed by atoms with Gasteiger partial charge in [-0.15, -0.1) is 0 Å². The van der Waals surface area contributed by atoms with Crippen LogP contribution in [-0.4, -0.2) is 48.2 Å². The van der Waals surface area contributed by atoms with E-state index >= 15 is 0 Å². The van der Waals surface area contributed by atoms with Crippen LogP contribution in [0.3, 0.4) is 0 Å². The Labute approximate surface area is 148 Å². The molecule has 0 aliphatic carbocycles. The van der Waals surface area contributed by atoms with Gasteiger partial charge in [-0.1, -0.05) is 26.7 Å². The van der Waals surface area contributed by atoms with Crippen molar-refractivity contribution in [2.75, 3.05) is 13.2 Å². The van der Waals surface area contributed by atoms with Crippen LogP contribution in [0.1, 0.15) is 65.2 Å². The molecule has 0 spiro atoms. The molecule has 0 saturated heterocycles. The maximum Gasteiger partial charge on any atom is 0.328 e. The SMILES string of the molecule is CCCCOC(=O)CC[C@H](NC(=O)CCC(=O)O)C(=O)OCCCC. The molecular formula is C17H29NO7. The van der Waals surface area contributed by atoms with Gasteiger partial charge < -0.3 is 19.9 Å². The molecule has 0 aliphatic rings. The molecule has 0 heterocycles. The van der Waals surface area contributed by atoms with Crippen LogP contribution in [-0.2, 0) is 28.7 Å². The van der Waals surface area contributed by atoms with Crippen molar-refractivity contribution in [3.8, 4) is 0 Å². The average Bonchev–Trinajstić information content (AvgIpc) is 2.57. The minimum absolute atomic E-state index is 0.0313. The first kappa shape index (κ1) is 22.9. The fraction of sp³-hybridized carbons (Fsp3) is 0.765. The molecule has 8 heteroatoms. The molecule has 25 heavy (non-hydrogen) atoms. The normalized spacial score (nSPS) is 11.4. The lowest BCUT2D eigenvalue weighted by molar-refractivity contribution is -0.149. The number of unbranched alkanes of at least 4 members (excludes halogenated alkanes) is 2. The second-order valence-corrected chi connectivity index (χ2v) is 5.65. The number of hydrogen-bond acceptors (Lipinski definition) is 6. The third-order valence-corrected chi connectivity index (χ3v) is 3.33. The van der Waals surface area contributed by atoms with Crippen LogP contribution in [0.25, 0.3) is 0 Å². The minimum Gasteiger partial charge on any atom is -0.481 e. The third kappa shape index (κ3) is 12.9. The minimum atomic E-state index is -1.10. The van der Waals surface area contributed by atoms with E-state index in [-0.39, 0.29) is 32.3 Å². The zero-order valence-electron chi connectivity index (χ0n) is 15.0. The summed E-state index contributed by atoms with van der Waals surface area (Å²) >= 11 is 0. The van der Waals surface area contributed by atoms with Crippen molar-refractivity contribution in [1.82, 2.24) is 5.32 Å². The van der Waals surface area contributed by atoms with Gasteiger partial charge in [-0.05, 0) is 19.3 Å². The summed E-state index contributed by atoms with van der Waals surface area (Å²) in [7, 11) is 0. The van der Waals surface area contributed by atoms with Crippen LogP contribution >= 0.6 is 0 Å². The van der Waals surface area contributed by atoms with Crippen molar-refractivity contribution in [2.45, 2.75) is 71.3 Å². The third-order valence-electron chi connectivity index (χ3n) is 3.33. The lowest BCUT2D eigenvalue weighted by Gasteiger charge is -2.17. The summed E-state index contributed by atoms with van der Waals surface area (Å²) in [5.74, 6) is -2.74. The van der Waals surface area contributed by atoms with Crippen molar-refractivity contribution in [2.24, 2.45) is 0 Å². The number of rotatable bonds is 14. The molecule has 2 N–H and O–H groups in total. The predicted molar refractivity (Wildman–Crippen MR) is 89.8 cm³/mol. The summed E-state index contributed by atoms with van der Waals surface area (Å²) in [4.78, 5) is 46.0. The molecule has 1 atom stereocenters. The van der Waals surface area contributed by atoms with Crippen LogP contribution in [0.4, 0.5) is 0 Å². The Morgan fingerprint density at radius 2 is 1.52 bits per heavy atom. The van der Waals surface area contributed by atoms with Gasteiger partial charge in [0.1, 0.15) is 6.04 Å². The lowest BCUT2D eigenvalue weighted by atomic mass is 10.1. The number of amides is 1. The number of carbonyl (C=O) groups is 4. The summed E-state index contributed by atoms with van der Waals surface area (Å²) < 4.78 is 10.1. The molecule has 8 nitrogen and oxygen atoms in total. The average molecular weight is 359 g/mol. The van der Waals surface area contributed by atoms with Gasteiger partial charge in [0.2, 0.25) is 5.91 Å². The van der Waals surface area contributed by atoms with Gasteiger partial charge >= 0.3 is 17.9 Å². The second kappa shape index (κ2) is 14.2. The zero-order chi connectivity index (χ0) is 19.1. The van der Waals surface area contributed by atoms with E-state index in [0.717, 1.165) is 19.3 Å². The van der Waals surface area contributed by atoms with E-state index in [0.29, 0.717) is 13.0 Å². The molecule has 0 saturated carbocycles. The molecule has 0 aromatic heterocycles. The Morgan fingerprint density at radius 1 is 0.920 bits per heavy atom. The summed E-state index contributed by atoms with van der Waals surface area (Å²) in [5.41, 5.74) is 0. The molecule has 0 aromatic rings. The Hall–Kier alpha value is -2.12. The van der Waals surface area contributed by atoms with Gasteiger partial charge in [-0.2, -0.15) is 0 Å². The van der Waals surface area contributed by atoms with Crippen LogP contribution in [0.2, 0.25) is 0 Å². The Bertz CT molecular complexity index is 437. The van der Waals surface area contributed by atoms with Gasteiger partial charge in [0.15, 0.2) is 0 Å². The highest BCUT2D eigenvalue weighted by Gasteiger charge is 2.23. The molecule has 1 amide bonds. The van der Waals surface area contributed by atoms with E-state index in [1.165, 1.54) is 0 Å². The molecule has 0 unspecified atom stereocenters. The predicted octanol–water partition coefficient (Wildman–Crippen LogP) is 1.80. The first-order valence-electron chi connectivity index (χ1n) is 8.74. The van der Waals surface area contributed by atoms with E-state index in [2.05, 4.69) is 5.32 Å². The highest BCUT2D eigenvalue weighted by atomic mass is 16.5. The number of hydrogen-bond donors (Lipinski definition) is 2. The quantitative estimate of drug-likeness (QED) is 0.358. The summed E-state index contributed by atoms with van der Waals surface area (Å²) in [6.07, 6.45) is 2.67. The maximum atomic E-state index is 12.1. The first-order chi connectivity index (χ1) is 11.9. The highest BCUT2D eigenvalue weighted by molar-refractivity contribution is 5.86. The number of carbonyl (C=O) groups excluding carboxylic acids is 3. The van der Waals surface area contributed by atoms with Crippen molar-refractivity contribution in [3.63, 3.8) is 0 Å². The topological polar surface area (TPSA) is 119 Å². The standard InChI is InChI=1S/C17H29NO7/c1-3-5-11-24-16(22)10-7-13(17(23)25-12-6-4-2)18-14(19)8-9-15(20)21/h13H,3-12H2,1-2H3,(H,18,19)(H,20,21)/t13-/m0/s1. The monoisotopic (exact) mass is 359 g/mol. The van der Waals surface area contributed by atoms with E-state index in [1.807, 2.05) is 13.8 Å².